The van der Waals surface area contributed by atoms with Gasteiger partial charge >= 0.3 is 0 Å². The van der Waals surface area contributed by atoms with Crippen molar-refractivity contribution in [3.05, 3.63) is 115 Å². The van der Waals surface area contributed by atoms with Gasteiger partial charge in [-0.2, -0.15) is 0 Å². The molecule has 1 heterocycles. The molecule has 0 bridgehead atoms. The molecule has 4 rings (SSSR count). The van der Waals surface area contributed by atoms with Crippen LogP contribution >= 0.6 is 7.92 Å². The SMILES string of the molecule is c1cccc2cccc(P(c3ccccc3)c3ccccc3)c2occ1. The van der Waals surface area contributed by atoms with Crippen LogP contribution in [0.15, 0.2) is 120 Å². The Kier molecular flexibility index (Phi) is 5.09. The van der Waals surface area contributed by atoms with Crippen molar-refractivity contribution in [3.8, 4) is 0 Å². The Morgan fingerprint density at radius 3 is 1.73 bits per heavy atom. The monoisotopic (exact) mass is 354 g/mol. The van der Waals surface area contributed by atoms with Gasteiger partial charge in [0.2, 0.25) is 0 Å². The van der Waals surface area contributed by atoms with Crippen molar-refractivity contribution in [1.29, 1.82) is 0 Å². The molecule has 1 aromatic heterocycles. The van der Waals surface area contributed by atoms with Crippen molar-refractivity contribution < 1.29 is 4.42 Å². The Labute approximate surface area is 155 Å². The lowest BCUT2D eigenvalue weighted by Crippen LogP contribution is -2.20. The van der Waals surface area contributed by atoms with Crippen LogP contribution in [0.2, 0.25) is 0 Å². The molecular weight excluding hydrogens is 335 g/mol. The summed E-state index contributed by atoms with van der Waals surface area (Å²) >= 11 is 0. The molecule has 0 aliphatic carbocycles. The highest BCUT2D eigenvalue weighted by atomic mass is 31.1. The van der Waals surface area contributed by atoms with Crippen LogP contribution in [0.25, 0.3) is 11.0 Å². The van der Waals surface area contributed by atoms with E-state index in [9.17, 15) is 0 Å². The quantitative estimate of drug-likeness (QED) is 0.454. The maximum absolute atomic E-state index is 6.10. The predicted octanol–water partition coefficient (Wildman–Crippen LogP) is 5.32. The van der Waals surface area contributed by atoms with Crippen LogP contribution in [0, 0.1) is 0 Å². The molecule has 0 atom stereocenters. The molecule has 0 fully saturated rings. The molecule has 0 aliphatic rings. The van der Waals surface area contributed by atoms with Crippen molar-refractivity contribution in [2.75, 3.05) is 0 Å². The summed E-state index contributed by atoms with van der Waals surface area (Å²) in [6.07, 6.45) is 1.76. The second-order valence-electron chi connectivity index (χ2n) is 5.89. The Morgan fingerprint density at radius 2 is 1.04 bits per heavy atom. The first-order valence-corrected chi connectivity index (χ1v) is 9.97. The maximum Gasteiger partial charge on any atom is 0.142 e. The molecule has 0 N–H and O–H groups in total. The molecule has 0 saturated heterocycles. The van der Waals surface area contributed by atoms with Gasteiger partial charge in [-0.1, -0.05) is 103 Å². The highest BCUT2D eigenvalue weighted by Crippen LogP contribution is 2.35. The standard InChI is InChI=1S/C24H19OP/c1-2-10-19-25-24-20(12-5-1)13-11-18-23(24)26(21-14-6-3-7-15-21)22-16-8-4-9-17-22/h1-19H. The summed E-state index contributed by atoms with van der Waals surface area (Å²) < 4.78 is 6.10. The van der Waals surface area contributed by atoms with Crippen LogP contribution in [-0.4, -0.2) is 0 Å². The van der Waals surface area contributed by atoms with E-state index in [4.69, 9.17) is 4.42 Å². The van der Waals surface area contributed by atoms with E-state index >= 15 is 0 Å². The molecule has 2 heteroatoms. The van der Waals surface area contributed by atoms with E-state index in [-0.39, 0.29) is 0 Å². The zero-order valence-electron chi connectivity index (χ0n) is 14.3. The van der Waals surface area contributed by atoms with Crippen LogP contribution in [-0.2, 0) is 0 Å². The van der Waals surface area contributed by atoms with E-state index in [0.29, 0.717) is 0 Å². The number of hydrogen-bond acceptors (Lipinski definition) is 1. The number of hydrogen-bond donors (Lipinski definition) is 0. The summed E-state index contributed by atoms with van der Waals surface area (Å²) in [6, 6.07) is 37.9. The summed E-state index contributed by atoms with van der Waals surface area (Å²) in [5, 5.41) is 4.96. The van der Waals surface area contributed by atoms with Crippen molar-refractivity contribution in [3.63, 3.8) is 0 Å². The number of fused-ring (bicyclic) bond motifs is 1. The van der Waals surface area contributed by atoms with Gasteiger partial charge in [0.1, 0.15) is 5.58 Å². The third kappa shape index (κ3) is 3.54. The van der Waals surface area contributed by atoms with E-state index in [2.05, 4.69) is 91.0 Å². The average molecular weight is 354 g/mol. The van der Waals surface area contributed by atoms with Gasteiger partial charge in [-0.05, 0) is 24.6 Å². The minimum Gasteiger partial charge on any atom is -0.464 e. The molecule has 0 spiro atoms. The highest BCUT2D eigenvalue weighted by molar-refractivity contribution is 7.80. The van der Waals surface area contributed by atoms with Gasteiger partial charge < -0.3 is 4.42 Å². The van der Waals surface area contributed by atoms with Crippen LogP contribution in [0.1, 0.15) is 0 Å². The first kappa shape index (κ1) is 16.6. The maximum atomic E-state index is 6.10. The summed E-state index contributed by atoms with van der Waals surface area (Å²) in [5.74, 6) is 0. The zero-order chi connectivity index (χ0) is 17.6. The Balaban J connectivity index is 2.02. The van der Waals surface area contributed by atoms with Gasteiger partial charge in [0.15, 0.2) is 0 Å². The molecule has 0 amide bonds. The van der Waals surface area contributed by atoms with Gasteiger partial charge in [-0.3, -0.25) is 0 Å². The van der Waals surface area contributed by atoms with Gasteiger partial charge in [0.05, 0.1) is 6.26 Å². The number of para-hydroxylation sites is 1. The minimum atomic E-state index is -0.703. The normalized spacial score (nSPS) is 10.7. The first-order valence-electron chi connectivity index (χ1n) is 8.63. The fraction of sp³-hybridized carbons (Fsp3) is 0. The summed E-state index contributed by atoms with van der Waals surface area (Å²) in [7, 11) is -0.703. The van der Waals surface area contributed by atoms with Crippen molar-refractivity contribution in [1.82, 2.24) is 0 Å². The van der Waals surface area contributed by atoms with E-state index in [1.807, 2.05) is 18.2 Å². The van der Waals surface area contributed by atoms with Crippen LogP contribution < -0.4 is 15.9 Å². The Morgan fingerprint density at radius 1 is 0.500 bits per heavy atom. The van der Waals surface area contributed by atoms with Crippen LogP contribution in [0.4, 0.5) is 0 Å². The minimum absolute atomic E-state index is 0.703. The molecule has 3 aromatic carbocycles. The second-order valence-corrected chi connectivity index (χ2v) is 8.08. The zero-order valence-corrected chi connectivity index (χ0v) is 15.2. The topological polar surface area (TPSA) is 13.1 Å². The van der Waals surface area contributed by atoms with E-state index in [0.717, 1.165) is 11.0 Å². The van der Waals surface area contributed by atoms with Gasteiger partial charge in [0, 0.05) is 10.7 Å². The summed E-state index contributed by atoms with van der Waals surface area (Å²) in [6.45, 7) is 0. The lowest BCUT2D eigenvalue weighted by atomic mass is 10.2. The summed E-state index contributed by atoms with van der Waals surface area (Å²) in [5.41, 5.74) is 0.933. The van der Waals surface area contributed by atoms with Crippen molar-refractivity contribution >= 4 is 34.8 Å². The largest absolute Gasteiger partial charge is 0.464 e. The third-order valence-corrected chi connectivity index (χ3v) is 6.63. The van der Waals surface area contributed by atoms with E-state index in [1.54, 1.807) is 6.26 Å². The average Bonchev–Trinajstić information content (AvgIpc) is 2.82. The number of rotatable bonds is 3. The smallest absolute Gasteiger partial charge is 0.142 e. The molecule has 126 valence electrons. The van der Waals surface area contributed by atoms with Gasteiger partial charge in [-0.25, -0.2) is 0 Å². The molecular formula is C24H19OP. The summed E-state index contributed by atoms with van der Waals surface area (Å²) in [4.78, 5) is 0. The fourth-order valence-corrected chi connectivity index (χ4v) is 5.41. The lowest BCUT2D eigenvalue weighted by molar-refractivity contribution is 0.609. The number of benzene rings is 3. The Bertz CT molecular complexity index is 997. The van der Waals surface area contributed by atoms with Gasteiger partial charge in [0.25, 0.3) is 0 Å². The molecule has 0 unspecified atom stereocenters. The van der Waals surface area contributed by atoms with Crippen LogP contribution in [0.5, 0.6) is 0 Å². The molecule has 0 radical (unpaired) electrons. The van der Waals surface area contributed by atoms with Crippen molar-refractivity contribution in [2.24, 2.45) is 0 Å². The van der Waals surface area contributed by atoms with Crippen molar-refractivity contribution in [2.45, 2.75) is 0 Å². The fourth-order valence-electron chi connectivity index (χ4n) is 3.00. The molecule has 1 nitrogen and oxygen atoms in total. The predicted molar refractivity (Wildman–Crippen MR) is 113 cm³/mol. The molecule has 4 aromatic rings. The first-order chi connectivity index (χ1) is 12.9. The van der Waals surface area contributed by atoms with Gasteiger partial charge in [-0.15, -0.1) is 0 Å². The van der Waals surface area contributed by atoms with E-state index < -0.39 is 7.92 Å². The molecule has 26 heavy (non-hydrogen) atoms. The van der Waals surface area contributed by atoms with E-state index in [1.165, 1.54) is 15.9 Å². The third-order valence-electron chi connectivity index (χ3n) is 4.17. The lowest BCUT2D eigenvalue weighted by Gasteiger charge is -2.19. The highest BCUT2D eigenvalue weighted by Gasteiger charge is 2.19. The molecule has 0 aliphatic heterocycles. The molecule has 0 saturated carbocycles. The second kappa shape index (κ2) is 7.99. The Hall–Kier alpha value is -2.89. The van der Waals surface area contributed by atoms with Crippen LogP contribution in [0.3, 0.4) is 0 Å².